The highest BCUT2D eigenvalue weighted by atomic mass is 16.3. The van der Waals surface area contributed by atoms with Gasteiger partial charge in [0, 0.05) is 12.6 Å². The normalized spacial score (nSPS) is 25.9. The van der Waals surface area contributed by atoms with Gasteiger partial charge in [0.15, 0.2) is 0 Å². The third kappa shape index (κ3) is 4.90. The Hall–Kier alpha value is -1.81. The van der Waals surface area contributed by atoms with E-state index in [2.05, 4.69) is 12.2 Å². The van der Waals surface area contributed by atoms with Crippen LogP contribution in [0, 0.1) is 5.92 Å². The number of hydrogen-bond donors (Lipinski definition) is 3. The molecule has 0 aliphatic heterocycles. The standard InChI is InChI=1S/C17H23NO3/c1-13-8-10-17(21,11-9-13)12-18-16(20)7-4-14-2-5-15(19)6-3-14/h2-7,13,19,21H,8-12H2,1H3,(H,18,20). The van der Waals surface area contributed by atoms with Crippen molar-refractivity contribution in [2.45, 2.75) is 38.2 Å². The molecule has 0 unspecified atom stereocenters. The summed E-state index contributed by atoms with van der Waals surface area (Å²) in [6, 6.07) is 6.61. The van der Waals surface area contributed by atoms with Crippen LogP contribution in [0.3, 0.4) is 0 Å². The molecule has 0 heterocycles. The van der Waals surface area contributed by atoms with Crippen molar-refractivity contribution >= 4 is 12.0 Å². The monoisotopic (exact) mass is 289 g/mol. The molecule has 1 saturated carbocycles. The molecule has 2 rings (SSSR count). The van der Waals surface area contributed by atoms with Gasteiger partial charge in [0.25, 0.3) is 0 Å². The summed E-state index contributed by atoms with van der Waals surface area (Å²) in [5.41, 5.74) is 0.0855. The number of benzene rings is 1. The van der Waals surface area contributed by atoms with Crippen molar-refractivity contribution in [3.8, 4) is 5.75 Å². The van der Waals surface area contributed by atoms with Crippen molar-refractivity contribution in [3.63, 3.8) is 0 Å². The fourth-order valence-electron chi connectivity index (χ4n) is 2.54. The molecule has 0 saturated heterocycles. The average molecular weight is 289 g/mol. The summed E-state index contributed by atoms with van der Waals surface area (Å²) in [6.45, 7) is 2.50. The van der Waals surface area contributed by atoms with Crippen LogP contribution in [0.25, 0.3) is 6.08 Å². The molecule has 114 valence electrons. The molecule has 1 aliphatic carbocycles. The molecule has 4 nitrogen and oxygen atoms in total. The van der Waals surface area contributed by atoms with Crippen LogP contribution in [-0.4, -0.2) is 28.3 Å². The lowest BCUT2D eigenvalue weighted by Gasteiger charge is -2.34. The quantitative estimate of drug-likeness (QED) is 0.746. The summed E-state index contributed by atoms with van der Waals surface area (Å²) in [6.07, 6.45) is 6.64. The number of hydrogen-bond acceptors (Lipinski definition) is 3. The van der Waals surface area contributed by atoms with Crippen LogP contribution in [0.2, 0.25) is 0 Å². The minimum atomic E-state index is -0.755. The summed E-state index contributed by atoms with van der Waals surface area (Å²) < 4.78 is 0. The van der Waals surface area contributed by atoms with E-state index in [1.165, 1.54) is 6.08 Å². The summed E-state index contributed by atoms with van der Waals surface area (Å²) in [5.74, 6) is 0.649. The van der Waals surface area contributed by atoms with Gasteiger partial charge in [-0.1, -0.05) is 19.1 Å². The fraction of sp³-hybridized carbons (Fsp3) is 0.471. The second-order valence-electron chi connectivity index (χ2n) is 6.05. The van der Waals surface area contributed by atoms with Crippen LogP contribution in [0.15, 0.2) is 30.3 Å². The Morgan fingerprint density at radius 2 is 1.95 bits per heavy atom. The van der Waals surface area contributed by atoms with Gasteiger partial charge in [-0.3, -0.25) is 4.79 Å². The molecule has 0 bridgehead atoms. The van der Waals surface area contributed by atoms with E-state index >= 15 is 0 Å². The van der Waals surface area contributed by atoms with Gasteiger partial charge in [-0.2, -0.15) is 0 Å². The highest BCUT2D eigenvalue weighted by Crippen LogP contribution is 2.31. The first-order valence-corrected chi connectivity index (χ1v) is 7.44. The number of carbonyl (C=O) groups excluding carboxylic acids is 1. The van der Waals surface area contributed by atoms with E-state index in [9.17, 15) is 15.0 Å². The number of rotatable bonds is 4. The van der Waals surface area contributed by atoms with Crippen molar-refractivity contribution in [1.29, 1.82) is 0 Å². The average Bonchev–Trinajstić information content (AvgIpc) is 2.48. The first-order chi connectivity index (χ1) is 9.97. The van der Waals surface area contributed by atoms with E-state index in [0.29, 0.717) is 12.5 Å². The number of amides is 1. The Morgan fingerprint density at radius 3 is 2.57 bits per heavy atom. The number of phenolic OH excluding ortho intramolecular Hbond substituents is 1. The lowest BCUT2D eigenvalue weighted by atomic mass is 9.79. The second-order valence-corrected chi connectivity index (χ2v) is 6.05. The van der Waals surface area contributed by atoms with Crippen molar-refractivity contribution in [1.82, 2.24) is 5.32 Å². The third-order valence-electron chi connectivity index (χ3n) is 4.12. The summed E-state index contributed by atoms with van der Waals surface area (Å²) >= 11 is 0. The summed E-state index contributed by atoms with van der Waals surface area (Å²) in [4.78, 5) is 11.8. The van der Waals surface area contributed by atoms with E-state index in [0.717, 1.165) is 31.2 Å². The first-order valence-electron chi connectivity index (χ1n) is 7.44. The molecule has 0 aromatic heterocycles. The molecule has 1 aliphatic rings. The van der Waals surface area contributed by atoms with E-state index in [1.807, 2.05) is 0 Å². The third-order valence-corrected chi connectivity index (χ3v) is 4.12. The second kappa shape index (κ2) is 6.76. The van der Waals surface area contributed by atoms with E-state index in [1.54, 1.807) is 30.3 Å². The molecule has 4 heteroatoms. The number of aromatic hydroxyl groups is 1. The number of nitrogens with one attached hydrogen (secondary N) is 1. The molecule has 0 spiro atoms. The molecule has 21 heavy (non-hydrogen) atoms. The lowest BCUT2D eigenvalue weighted by Crippen LogP contribution is -2.44. The van der Waals surface area contributed by atoms with Crippen molar-refractivity contribution in [2.75, 3.05) is 6.54 Å². The largest absolute Gasteiger partial charge is 0.508 e. The number of aliphatic hydroxyl groups is 1. The zero-order valence-corrected chi connectivity index (χ0v) is 12.4. The van der Waals surface area contributed by atoms with Crippen molar-refractivity contribution in [2.24, 2.45) is 5.92 Å². The molecule has 0 atom stereocenters. The molecule has 1 fully saturated rings. The van der Waals surface area contributed by atoms with Crippen LogP contribution in [0.4, 0.5) is 0 Å². The zero-order valence-electron chi connectivity index (χ0n) is 12.4. The zero-order chi connectivity index (χ0) is 15.3. The van der Waals surface area contributed by atoms with Gasteiger partial charge in [-0.25, -0.2) is 0 Å². The number of carbonyl (C=O) groups is 1. The molecule has 0 radical (unpaired) electrons. The Morgan fingerprint density at radius 1 is 1.33 bits per heavy atom. The van der Waals surface area contributed by atoms with Gasteiger partial charge in [-0.05, 0) is 55.4 Å². The molecular formula is C17H23NO3. The van der Waals surface area contributed by atoms with Gasteiger partial charge < -0.3 is 15.5 Å². The predicted octanol–water partition coefficient (Wildman–Crippen LogP) is 2.46. The molecule has 1 amide bonds. The maximum absolute atomic E-state index is 11.8. The highest BCUT2D eigenvalue weighted by Gasteiger charge is 2.31. The molecule has 1 aromatic carbocycles. The summed E-state index contributed by atoms with van der Waals surface area (Å²) in [5, 5.41) is 22.3. The smallest absolute Gasteiger partial charge is 0.244 e. The van der Waals surface area contributed by atoms with Crippen LogP contribution in [-0.2, 0) is 4.79 Å². The predicted molar refractivity (Wildman–Crippen MR) is 82.7 cm³/mol. The maximum atomic E-state index is 11.8. The van der Waals surface area contributed by atoms with E-state index in [4.69, 9.17) is 0 Å². The minimum absolute atomic E-state index is 0.199. The molecular weight excluding hydrogens is 266 g/mol. The Balaban J connectivity index is 1.80. The first kappa shape index (κ1) is 15.6. The Bertz CT molecular complexity index is 499. The van der Waals surface area contributed by atoms with Crippen molar-refractivity contribution < 1.29 is 15.0 Å². The van der Waals surface area contributed by atoms with Gasteiger partial charge in [0.2, 0.25) is 5.91 Å². The topological polar surface area (TPSA) is 69.6 Å². The van der Waals surface area contributed by atoms with Crippen LogP contribution in [0.1, 0.15) is 38.2 Å². The van der Waals surface area contributed by atoms with Gasteiger partial charge in [-0.15, -0.1) is 0 Å². The van der Waals surface area contributed by atoms with E-state index < -0.39 is 5.60 Å². The SMILES string of the molecule is CC1CCC(O)(CNC(=O)C=Cc2ccc(O)cc2)CC1. The minimum Gasteiger partial charge on any atom is -0.508 e. The van der Waals surface area contributed by atoms with Crippen LogP contribution < -0.4 is 5.32 Å². The van der Waals surface area contributed by atoms with Crippen LogP contribution >= 0.6 is 0 Å². The Kier molecular flexibility index (Phi) is 5.02. The summed E-state index contributed by atoms with van der Waals surface area (Å²) in [7, 11) is 0. The highest BCUT2D eigenvalue weighted by molar-refractivity contribution is 5.91. The molecule has 1 aromatic rings. The fourth-order valence-corrected chi connectivity index (χ4v) is 2.54. The lowest BCUT2D eigenvalue weighted by molar-refractivity contribution is -0.118. The van der Waals surface area contributed by atoms with Gasteiger partial charge >= 0.3 is 0 Å². The van der Waals surface area contributed by atoms with Gasteiger partial charge in [0.1, 0.15) is 5.75 Å². The Labute approximate surface area is 125 Å². The van der Waals surface area contributed by atoms with E-state index in [-0.39, 0.29) is 11.7 Å². The molecule has 3 N–H and O–H groups in total. The maximum Gasteiger partial charge on any atom is 0.244 e. The van der Waals surface area contributed by atoms with Crippen molar-refractivity contribution in [3.05, 3.63) is 35.9 Å². The van der Waals surface area contributed by atoms with Gasteiger partial charge in [0.05, 0.1) is 5.60 Å². The number of phenols is 1. The van der Waals surface area contributed by atoms with Crippen LogP contribution in [0.5, 0.6) is 5.75 Å².